The van der Waals surface area contributed by atoms with Gasteiger partial charge >= 0.3 is 0 Å². The van der Waals surface area contributed by atoms with Gasteiger partial charge in [0, 0.05) is 11.0 Å². The van der Waals surface area contributed by atoms with Gasteiger partial charge in [-0.2, -0.15) is 16.6 Å². The Kier molecular flexibility index (Phi) is 4.18. The van der Waals surface area contributed by atoms with Gasteiger partial charge in [-0.05, 0) is 47.0 Å². The molecule has 2 nitrogen and oxygen atoms in total. The van der Waals surface area contributed by atoms with Gasteiger partial charge in [-0.3, -0.25) is 0 Å². The van der Waals surface area contributed by atoms with Gasteiger partial charge in [-0.25, -0.2) is 0 Å². The standard InChI is InChI=1S/C13H11BrN2S/c14-12-2-1-11(8-15)13(7-12)16-5-3-10-4-6-17-9-10/h1-2,4,6-7,9,16H,3,5H2. The minimum absolute atomic E-state index is 0.679. The summed E-state index contributed by atoms with van der Waals surface area (Å²) in [5.41, 5.74) is 2.90. The molecule has 0 atom stereocenters. The van der Waals surface area contributed by atoms with Crippen molar-refractivity contribution in [1.82, 2.24) is 0 Å². The normalized spacial score (nSPS) is 9.88. The van der Waals surface area contributed by atoms with E-state index in [-0.39, 0.29) is 0 Å². The van der Waals surface area contributed by atoms with Crippen LogP contribution in [0.25, 0.3) is 0 Å². The Labute approximate surface area is 113 Å². The maximum atomic E-state index is 8.99. The summed E-state index contributed by atoms with van der Waals surface area (Å²) in [6.45, 7) is 0.835. The van der Waals surface area contributed by atoms with E-state index >= 15 is 0 Å². The molecule has 0 spiro atoms. The first kappa shape index (κ1) is 12.2. The van der Waals surface area contributed by atoms with Gasteiger partial charge in [0.2, 0.25) is 0 Å². The number of halogens is 1. The number of hydrogen-bond acceptors (Lipinski definition) is 3. The van der Waals surface area contributed by atoms with E-state index in [4.69, 9.17) is 5.26 Å². The molecule has 0 fully saturated rings. The van der Waals surface area contributed by atoms with Crippen LogP contribution in [0.5, 0.6) is 0 Å². The van der Waals surface area contributed by atoms with Crippen LogP contribution in [0, 0.1) is 11.3 Å². The summed E-state index contributed by atoms with van der Waals surface area (Å²) < 4.78 is 0.981. The highest BCUT2D eigenvalue weighted by molar-refractivity contribution is 9.10. The van der Waals surface area contributed by atoms with Gasteiger partial charge in [0.15, 0.2) is 0 Å². The van der Waals surface area contributed by atoms with E-state index in [9.17, 15) is 0 Å². The zero-order chi connectivity index (χ0) is 12.1. The van der Waals surface area contributed by atoms with Crippen molar-refractivity contribution in [2.75, 3.05) is 11.9 Å². The Hall–Kier alpha value is -1.31. The number of benzene rings is 1. The lowest BCUT2D eigenvalue weighted by molar-refractivity contribution is 1.03. The second-order valence-corrected chi connectivity index (χ2v) is 5.31. The van der Waals surface area contributed by atoms with Crippen LogP contribution < -0.4 is 5.32 Å². The fraction of sp³-hybridized carbons (Fsp3) is 0.154. The second kappa shape index (κ2) is 5.85. The molecule has 0 aliphatic carbocycles. The minimum atomic E-state index is 0.679. The molecule has 0 bridgehead atoms. The van der Waals surface area contributed by atoms with Gasteiger partial charge in [0.25, 0.3) is 0 Å². The van der Waals surface area contributed by atoms with Crippen LogP contribution in [0.2, 0.25) is 0 Å². The Morgan fingerprint density at radius 3 is 2.94 bits per heavy atom. The van der Waals surface area contributed by atoms with E-state index < -0.39 is 0 Å². The van der Waals surface area contributed by atoms with Crippen LogP contribution in [0.1, 0.15) is 11.1 Å². The van der Waals surface area contributed by atoms with E-state index in [0.29, 0.717) is 5.56 Å². The average Bonchev–Trinajstić information content (AvgIpc) is 2.82. The van der Waals surface area contributed by atoms with E-state index in [2.05, 4.69) is 44.1 Å². The predicted octanol–water partition coefficient (Wildman–Crippen LogP) is 4.04. The van der Waals surface area contributed by atoms with Crippen molar-refractivity contribution in [2.45, 2.75) is 6.42 Å². The molecule has 2 rings (SSSR count). The zero-order valence-corrected chi connectivity index (χ0v) is 11.5. The number of rotatable bonds is 4. The van der Waals surface area contributed by atoms with E-state index in [0.717, 1.165) is 23.1 Å². The first-order valence-corrected chi connectivity index (χ1v) is 6.98. The Morgan fingerprint density at radius 2 is 2.24 bits per heavy atom. The van der Waals surface area contributed by atoms with E-state index in [1.54, 1.807) is 11.3 Å². The van der Waals surface area contributed by atoms with Crippen molar-refractivity contribution in [3.8, 4) is 6.07 Å². The molecule has 0 aliphatic heterocycles. The molecule has 2 aromatic rings. The molecule has 86 valence electrons. The number of nitrogens with zero attached hydrogens (tertiary/aromatic N) is 1. The number of nitriles is 1. The van der Waals surface area contributed by atoms with Gasteiger partial charge in [-0.1, -0.05) is 15.9 Å². The third kappa shape index (κ3) is 3.32. The molecule has 17 heavy (non-hydrogen) atoms. The molecule has 1 heterocycles. The maximum Gasteiger partial charge on any atom is 0.101 e. The number of thiophene rings is 1. The molecule has 0 radical (unpaired) electrons. The molecule has 0 saturated heterocycles. The van der Waals surface area contributed by atoms with Gasteiger partial charge < -0.3 is 5.32 Å². The van der Waals surface area contributed by atoms with Crippen molar-refractivity contribution in [2.24, 2.45) is 0 Å². The fourth-order valence-corrected chi connectivity index (χ4v) is 2.60. The van der Waals surface area contributed by atoms with Crippen LogP contribution in [0.4, 0.5) is 5.69 Å². The molecular formula is C13H11BrN2S. The average molecular weight is 307 g/mol. The summed E-state index contributed by atoms with van der Waals surface area (Å²) in [7, 11) is 0. The summed E-state index contributed by atoms with van der Waals surface area (Å²) in [6, 6.07) is 9.94. The third-order valence-electron chi connectivity index (χ3n) is 2.41. The molecular weight excluding hydrogens is 296 g/mol. The number of nitrogens with one attached hydrogen (secondary N) is 1. The molecule has 1 aromatic heterocycles. The largest absolute Gasteiger partial charge is 0.384 e. The SMILES string of the molecule is N#Cc1ccc(Br)cc1NCCc1ccsc1. The molecule has 0 aliphatic rings. The first-order chi connectivity index (χ1) is 8.29. The van der Waals surface area contributed by atoms with E-state index in [1.807, 2.05) is 18.2 Å². The maximum absolute atomic E-state index is 8.99. The number of anilines is 1. The molecule has 1 aromatic carbocycles. The summed E-state index contributed by atoms with van der Waals surface area (Å²) in [6.07, 6.45) is 0.973. The van der Waals surface area contributed by atoms with Crippen LogP contribution in [-0.4, -0.2) is 6.54 Å². The lowest BCUT2D eigenvalue weighted by atomic mass is 10.2. The minimum Gasteiger partial charge on any atom is -0.384 e. The monoisotopic (exact) mass is 306 g/mol. The molecule has 4 heteroatoms. The Bertz CT molecular complexity index is 529. The van der Waals surface area contributed by atoms with Gasteiger partial charge in [-0.15, -0.1) is 0 Å². The van der Waals surface area contributed by atoms with Crippen LogP contribution >= 0.6 is 27.3 Å². The molecule has 0 unspecified atom stereocenters. The summed E-state index contributed by atoms with van der Waals surface area (Å²) in [4.78, 5) is 0. The van der Waals surface area contributed by atoms with Crippen molar-refractivity contribution < 1.29 is 0 Å². The highest BCUT2D eigenvalue weighted by atomic mass is 79.9. The second-order valence-electron chi connectivity index (χ2n) is 3.61. The Morgan fingerprint density at radius 1 is 1.35 bits per heavy atom. The van der Waals surface area contributed by atoms with Crippen molar-refractivity contribution in [3.63, 3.8) is 0 Å². The van der Waals surface area contributed by atoms with Crippen molar-refractivity contribution in [3.05, 3.63) is 50.6 Å². The quantitative estimate of drug-likeness (QED) is 0.925. The Balaban J connectivity index is 1.99. The van der Waals surface area contributed by atoms with Crippen molar-refractivity contribution in [1.29, 1.82) is 5.26 Å². The lowest BCUT2D eigenvalue weighted by Gasteiger charge is -2.07. The van der Waals surface area contributed by atoms with E-state index in [1.165, 1.54) is 5.56 Å². The third-order valence-corrected chi connectivity index (χ3v) is 3.64. The zero-order valence-electron chi connectivity index (χ0n) is 9.11. The van der Waals surface area contributed by atoms with Crippen LogP contribution in [0.15, 0.2) is 39.5 Å². The molecule has 1 N–H and O–H groups in total. The van der Waals surface area contributed by atoms with Crippen LogP contribution in [-0.2, 0) is 6.42 Å². The molecule has 0 saturated carbocycles. The summed E-state index contributed by atoms with van der Waals surface area (Å²) in [5.74, 6) is 0. The fourth-order valence-electron chi connectivity index (χ4n) is 1.54. The summed E-state index contributed by atoms with van der Waals surface area (Å²) >= 11 is 5.12. The molecule has 0 amide bonds. The number of hydrogen-bond donors (Lipinski definition) is 1. The van der Waals surface area contributed by atoms with Gasteiger partial charge in [0.05, 0.1) is 11.3 Å². The topological polar surface area (TPSA) is 35.8 Å². The van der Waals surface area contributed by atoms with Crippen molar-refractivity contribution >= 4 is 33.0 Å². The highest BCUT2D eigenvalue weighted by Gasteiger charge is 2.02. The summed E-state index contributed by atoms with van der Waals surface area (Å²) in [5, 5.41) is 16.5. The predicted molar refractivity (Wildman–Crippen MR) is 75.4 cm³/mol. The first-order valence-electron chi connectivity index (χ1n) is 5.24. The highest BCUT2D eigenvalue weighted by Crippen LogP contribution is 2.20. The van der Waals surface area contributed by atoms with Crippen LogP contribution in [0.3, 0.4) is 0 Å². The smallest absolute Gasteiger partial charge is 0.101 e. The van der Waals surface area contributed by atoms with Gasteiger partial charge in [0.1, 0.15) is 6.07 Å². The lowest BCUT2D eigenvalue weighted by Crippen LogP contribution is -2.05.